The van der Waals surface area contributed by atoms with Crippen LogP contribution in [0.3, 0.4) is 0 Å². The number of benzene rings is 2. The third-order valence-electron chi connectivity index (χ3n) is 4.09. The minimum Gasteiger partial charge on any atom is -0.408 e. The Hall–Kier alpha value is -2.29. The van der Waals surface area contributed by atoms with Crippen LogP contribution in [0.15, 0.2) is 50.5 Å². The number of hydrogen-bond acceptors (Lipinski definition) is 5. The molecule has 0 saturated carbocycles. The van der Waals surface area contributed by atoms with Crippen LogP contribution in [-0.4, -0.2) is 19.9 Å². The minimum absolute atomic E-state index is 0. The summed E-state index contributed by atoms with van der Waals surface area (Å²) in [7, 11) is -3.78. The van der Waals surface area contributed by atoms with E-state index in [0.29, 0.717) is 11.2 Å². The van der Waals surface area contributed by atoms with E-state index in [1.54, 1.807) is 6.07 Å². The first kappa shape index (κ1) is 17.5. The Morgan fingerprint density at radius 3 is 2.84 bits per heavy atom. The van der Waals surface area contributed by atoms with Crippen LogP contribution in [0.5, 0.6) is 0 Å². The van der Waals surface area contributed by atoms with E-state index < -0.39 is 15.8 Å². The van der Waals surface area contributed by atoms with Crippen molar-refractivity contribution in [2.45, 2.75) is 17.9 Å². The lowest BCUT2D eigenvalue weighted by atomic mass is 9.99. The number of fused-ring (bicyclic) bond motifs is 2. The molecule has 2 aromatic carbocycles. The Balaban J connectivity index is 0.00000182. The molecule has 4 rings (SSSR count). The van der Waals surface area contributed by atoms with Crippen LogP contribution in [-0.2, 0) is 23.0 Å². The maximum absolute atomic E-state index is 12.7. The van der Waals surface area contributed by atoms with Crippen LogP contribution >= 0.6 is 12.4 Å². The predicted octanol–water partition coefficient (Wildman–Crippen LogP) is 1.99. The van der Waals surface area contributed by atoms with Crippen LogP contribution in [0.25, 0.3) is 11.1 Å². The van der Waals surface area contributed by atoms with Gasteiger partial charge in [0.2, 0.25) is 0 Å². The Morgan fingerprint density at radius 1 is 1.16 bits per heavy atom. The molecule has 0 amide bonds. The Kier molecular flexibility index (Phi) is 4.59. The second-order valence-electron chi connectivity index (χ2n) is 5.65. The van der Waals surface area contributed by atoms with E-state index in [2.05, 4.69) is 15.0 Å². The molecule has 0 saturated heterocycles. The summed E-state index contributed by atoms with van der Waals surface area (Å²) in [6, 6.07) is 9.87. The van der Waals surface area contributed by atoms with Crippen LogP contribution in [0.1, 0.15) is 11.1 Å². The van der Waals surface area contributed by atoms with Gasteiger partial charge in [-0.05, 0) is 42.3 Å². The van der Waals surface area contributed by atoms with Crippen molar-refractivity contribution in [3.63, 3.8) is 0 Å². The highest BCUT2D eigenvalue weighted by molar-refractivity contribution is 7.92. The first-order valence-electron chi connectivity index (χ1n) is 7.50. The lowest BCUT2D eigenvalue weighted by molar-refractivity contribution is 0.554. The van der Waals surface area contributed by atoms with Crippen LogP contribution in [0, 0.1) is 0 Å². The van der Waals surface area contributed by atoms with Gasteiger partial charge in [-0.1, -0.05) is 12.1 Å². The number of aromatic nitrogens is 1. The summed E-state index contributed by atoms with van der Waals surface area (Å²) in [5, 5.41) is 3.26. The summed E-state index contributed by atoms with van der Waals surface area (Å²) in [5.41, 5.74) is 3.36. The fraction of sp³-hybridized carbons (Fsp3) is 0.188. The van der Waals surface area contributed by atoms with E-state index in [9.17, 15) is 13.2 Å². The average Bonchev–Trinajstić information content (AvgIpc) is 2.94. The maximum Gasteiger partial charge on any atom is 0.417 e. The largest absolute Gasteiger partial charge is 0.417 e. The fourth-order valence-corrected chi connectivity index (χ4v) is 4.03. The summed E-state index contributed by atoms with van der Waals surface area (Å²) >= 11 is 0. The topological polar surface area (TPSA) is 104 Å². The molecule has 0 unspecified atom stereocenters. The van der Waals surface area contributed by atoms with Gasteiger partial charge in [-0.25, -0.2) is 13.2 Å². The molecule has 0 fully saturated rings. The average molecular weight is 382 g/mol. The molecule has 2 heterocycles. The molecule has 1 aliphatic heterocycles. The molecule has 0 bridgehead atoms. The Morgan fingerprint density at radius 2 is 2.00 bits per heavy atom. The minimum atomic E-state index is -3.78. The van der Waals surface area contributed by atoms with E-state index in [0.717, 1.165) is 30.6 Å². The Bertz CT molecular complexity index is 1090. The van der Waals surface area contributed by atoms with Crippen molar-refractivity contribution >= 4 is 39.2 Å². The molecule has 3 N–H and O–H groups in total. The van der Waals surface area contributed by atoms with Gasteiger partial charge in [0.25, 0.3) is 10.0 Å². The number of oxazole rings is 1. The van der Waals surface area contributed by atoms with Gasteiger partial charge < -0.3 is 9.73 Å². The quantitative estimate of drug-likeness (QED) is 0.643. The number of H-pyrrole nitrogens is 1. The molecule has 1 aliphatic rings. The van der Waals surface area contributed by atoms with Gasteiger partial charge in [0.1, 0.15) is 0 Å². The zero-order valence-electron chi connectivity index (χ0n) is 13.0. The molecule has 0 aliphatic carbocycles. The number of aromatic amines is 1. The maximum atomic E-state index is 12.7. The van der Waals surface area contributed by atoms with Crippen molar-refractivity contribution in [1.82, 2.24) is 10.3 Å². The van der Waals surface area contributed by atoms with Crippen LogP contribution < -0.4 is 15.8 Å². The molecule has 1 aromatic heterocycles. The summed E-state index contributed by atoms with van der Waals surface area (Å²) in [6.07, 6.45) is 0.764. The van der Waals surface area contributed by atoms with Gasteiger partial charge in [-0.3, -0.25) is 9.71 Å². The normalized spacial score (nSPS) is 13.9. The summed E-state index contributed by atoms with van der Waals surface area (Å²) in [6.45, 7) is 1.54. The molecule has 0 spiro atoms. The summed E-state index contributed by atoms with van der Waals surface area (Å²) < 4.78 is 32.9. The van der Waals surface area contributed by atoms with Crippen molar-refractivity contribution in [2.24, 2.45) is 0 Å². The number of sulfonamides is 1. The van der Waals surface area contributed by atoms with E-state index in [4.69, 9.17) is 4.42 Å². The number of hydrogen-bond donors (Lipinski definition) is 3. The summed E-state index contributed by atoms with van der Waals surface area (Å²) in [4.78, 5) is 13.7. The molecular formula is C16H16ClN3O4S. The molecule has 3 aromatic rings. The van der Waals surface area contributed by atoms with Gasteiger partial charge in [-0.2, -0.15) is 0 Å². The second-order valence-corrected chi connectivity index (χ2v) is 7.33. The smallest absolute Gasteiger partial charge is 0.408 e. The predicted molar refractivity (Wildman–Crippen MR) is 96.7 cm³/mol. The number of nitrogens with one attached hydrogen (secondary N) is 3. The lowest BCUT2D eigenvalue weighted by Crippen LogP contribution is -2.25. The second kappa shape index (κ2) is 6.55. The van der Waals surface area contributed by atoms with Crippen molar-refractivity contribution < 1.29 is 12.8 Å². The van der Waals surface area contributed by atoms with Gasteiger partial charge in [0.15, 0.2) is 5.58 Å². The number of anilines is 1. The molecule has 0 radical (unpaired) electrons. The van der Waals surface area contributed by atoms with Crippen molar-refractivity contribution in [3.8, 4) is 0 Å². The summed E-state index contributed by atoms with van der Waals surface area (Å²) in [5.74, 6) is -0.614. The molecular weight excluding hydrogens is 366 g/mol. The molecule has 132 valence electrons. The fourth-order valence-electron chi connectivity index (χ4n) is 2.92. The van der Waals surface area contributed by atoms with Crippen molar-refractivity contribution in [1.29, 1.82) is 0 Å². The third kappa shape index (κ3) is 3.28. The standard InChI is InChI=1S/C16H15N3O4S.ClH/c20-16-18-14-5-4-11(8-15(14)23-16)24(21,22)19-13-3-1-2-10-9-17-7-6-12(10)13;/h1-5,8,17,19H,6-7,9H2,(H,18,20);1H. The van der Waals surface area contributed by atoms with E-state index >= 15 is 0 Å². The highest BCUT2D eigenvalue weighted by Crippen LogP contribution is 2.26. The van der Waals surface area contributed by atoms with Gasteiger partial charge in [0, 0.05) is 12.6 Å². The SMILES string of the molecule is Cl.O=c1[nH]c2ccc(S(=O)(=O)Nc3cccc4c3CCNC4)cc2o1. The van der Waals surface area contributed by atoms with Gasteiger partial charge in [-0.15, -0.1) is 12.4 Å². The van der Waals surface area contributed by atoms with E-state index in [-0.39, 0.29) is 22.9 Å². The number of rotatable bonds is 3. The van der Waals surface area contributed by atoms with E-state index in [1.165, 1.54) is 18.2 Å². The monoisotopic (exact) mass is 381 g/mol. The Labute approximate surface area is 149 Å². The molecule has 9 heteroatoms. The van der Waals surface area contributed by atoms with Crippen LogP contribution in [0.4, 0.5) is 5.69 Å². The molecule has 7 nitrogen and oxygen atoms in total. The van der Waals surface area contributed by atoms with E-state index in [1.807, 2.05) is 12.1 Å². The zero-order valence-corrected chi connectivity index (χ0v) is 14.7. The van der Waals surface area contributed by atoms with Crippen molar-refractivity contribution in [2.75, 3.05) is 11.3 Å². The van der Waals surface area contributed by atoms with Gasteiger partial charge >= 0.3 is 5.76 Å². The first-order chi connectivity index (χ1) is 11.5. The highest BCUT2D eigenvalue weighted by atomic mass is 35.5. The van der Waals surface area contributed by atoms with Crippen molar-refractivity contribution in [3.05, 3.63) is 58.1 Å². The number of halogens is 1. The highest BCUT2D eigenvalue weighted by Gasteiger charge is 2.20. The molecule has 25 heavy (non-hydrogen) atoms. The third-order valence-corrected chi connectivity index (χ3v) is 5.45. The zero-order chi connectivity index (χ0) is 16.7. The van der Waals surface area contributed by atoms with Crippen LogP contribution in [0.2, 0.25) is 0 Å². The molecule has 0 atom stereocenters. The van der Waals surface area contributed by atoms with Gasteiger partial charge in [0.05, 0.1) is 16.1 Å². The lowest BCUT2D eigenvalue weighted by Gasteiger charge is -2.21. The first-order valence-corrected chi connectivity index (χ1v) is 8.98.